The first kappa shape index (κ1) is 12.9. The summed E-state index contributed by atoms with van der Waals surface area (Å²) in [4.78, 5) is 16.3. The van der Waals surface area contributed by atoms with Gasteiger partial charge in [0.25, 0.3) is 0 Å². The van der Waals surface area contributed by atoms with Gasteiger partial charge in [0.05, 0.1) is 0 Å². The maximum Gasteiger partial charge on any atom is 0.413 e. The molecule has 2 N–H and O–H groups in total. The summed E-state index contributed by atoms with van der Waals surface area (Å²) < 4.78 is 5.08. The molecule has 16 heavy (non-hydrogen) atoms. The standard InChI is InChI=1S/C10H16N2O3S/c1-10(2,3)15-9(14)12-8-11-6-7(16-8)4-5-13/h6,13H,4-5H2,1-3H3,(H,11,12,14). The van der Waals surface area contributed by atoms with Crippen LogP contribution >= 0.6 is 11.3 Å². The number of anilines is 1. The minimum Gasteiger partial charge on any atom is -0.444 e. The first-order valence-corrected chi connectivity index (χ1v) is 5.78. The Kier molecular flexibility index (Phi) is 4.26. The minimum atomic E-state index is -0.519. The van der Waals surface area contributed by atoms with Gasteiger partial charge < -0.3 is 9.84 Å². The van der Waals surface area contributed by atoms with E-state index in [9.17, 15) is 4.79 Å². The molecule has 0 saturated carbocycles. The number of nitrogens with one attached hydrogen (secondary N) is 1. The Morgan fingerprint density at radius 3 is 2.88 bits per heavy atom. The fraction of sp³-hybridized carbons (Fsp3) is 0.600. The van der Waals surface area contributed by atoms with E-state index in [0.717, 1.165) is 4.88 Å². The molecule has 0 fully saturated rings. The Morgan fingerprint density at radius 2 is 2.31 bits per heavy atom. The van der Waals surface area contributed by atoms with E-state index in [1.165, 1.54) is 11.3 Å². The molecule has 6 heteroatoms. The van der Waals surface area contributed by atoms with Crippen molar-refractivity contribution in [2.75, 3.05) is 11.9 Å². The van der Waals surface area contributed by atoms with Crippen LogP contribution in [0.4, 0.5) is 9.93 Å². The zero-order valence-electron chi connectivity index (χ0n) is 9.61. The molecule has 0 saturated heterocycles. The lowest BCUT2D eigenvalue weighted by Gasteiger charge is -2.18. The number of carbonyl (C=O) groups excluding carboxylic acids is 1. The lowest BCUT2D eigenvalue weighted by atomic mass is 10.2. The highest BCUT2D eigenvalue weighted by Crippen LogP contribution is 2.19. The van der Waals surface area contributed by atoms with Crippen molar-refractivity contribution in [1.82, 2.24) is 4.98 Å². The van der Waals surface area contributed by atoms with Crippen molar-refractivity contribution in [1.29, 1.82) is 0 Å². The van der Waals surface area contributed by atoms with Crippen LogP contribution in [-0.4, -0.2) is 28.4 Å². The fourth-order valence-electron chi connectivity index (χ4n) is 0.982. The molecule has 0 bridgehead atoms. The van der Waals surface area contributed by atoms with Gasteiger partial charge in [0, 0.05) is 24.1 Å². The molecule has 0 aliphatic heterocycles. The van der Waals surface area contributed by atoms with E-state index in [0.29, 0.717) is 11.6 Å². The number of hydrogen-bond donors (Lipinski definition) is 2. The van der Waals surface area contributed by atoms with Gasteiger partial charge in [-0.1, -0.05) is 0 Å². The SMILES string of the molecule is CC(C)(C)OC(=O)Nc1ncc(CCO)s1. The molecule has 5 nitrogen and oxygen atoms in total. The van der Waals surface area contributed by atoms with Crippen LogP contribution in [0.25, 0.3) is 0 Å². The van der Waals surface area contributed by atoms with Crippen LogP contribution in [0.15, 0.2) is 6.20 Å². The van der Waals surface area contributed by atoms with Crippen molar-refractivity contribution in [2.24, 2.45) is 0 Å². The Hall–Kier alpha value is -1.14. The molecule has 90 valence electrons. The van der Waals surface area contributed by atoms with Crippen LogP contribution in [0.5, 0.6) is 0 Å². The number of aromatic nitrogens is 1. The number of nitrogens with zero attached hydrogens (tertiary/aromatic N) is 1. The smallest absolute Gasteiger partial charge is 0.413 e. The average Bonchev–Trinajstić information content (AvgIpc) is 2.49. The van der Waals surface area contributed by atoms with Gasteiger partial charge in [-0.05, 0) is 20.8 Å². The summed E-state index contributed by atoms with van der Waals surface area (Å²) in [5.74, 6) is 0. The Balaban J connectivity index is 2.50. The largest absolute Gasteiger partial charge is 0.444 e. The Morgan fingerprint density at radius 1 is 1.62 bits per heavy atom. The Labute approximate surface area is 98.5 Å². The third kappa shape index (κ3) is 4.59. The van der Waals surface area contributed by atoms with Crippen molar-refractivity contribution in [3.63, 3.8) is 0 Å². The van der Waals surface area contributed by atoms with E-state index < -0.39 is 11.7 Å². The second-order valence-corrected chi connectivity index (χ2v) is 5.35. The second kappa shape index (κ2) is 5.27. The lowest BCUT2D eigenvalue weighted by Crippen LogP contribution is -2.27. The monoisotopic (exact) mass is 244 g/mol. The van der Waals surface area contributed by atoms with Gasteiger partial charge in [-0.15, -0.1) is 11.3 Å². The Bertz CT molecular complexity index is 357. The summed E-state index contributed by atoms with van der Waals surface area (Å²) in [5, 5.41) is 11.8. The van der Waals surface area contributed by atoms with E-state index in [4.69, 9.17) is 9.84 Å². The van der Waals surface area contributed by atoms with Gasteiger partial charge in [-0.2, -0.15) is 0 Å². The molecule has 1 aromatic heterocycles. The summed E-state index contributed by atoms with van der Waals surface area (Å²) in [6.07, 6.45) is 1.67. The first-order chi connectivity index (χ1) is 7.40. The van der Waals surface area contributed by atoms with Crippen molar-refractivity contribution < 1.29 is 14.6 Å². The van der Waals surface area contributed by atoms with E-state index in [1.807, 2.05) is 0 Å². The zero-order chi connectivity index (χ0) is 12.2. The molecule has 1 aromatic rings. The maximum absolute atomic E-state index is 11.4. The molecule has 0 aromatic carbocycles. The number of hydrogen-bond acceptors (Lipinski definition) is 5. The molecule has 0 radical (unpaired) electrons. The van der Waals surface area contributed by atoms with E-state index >= 15 is 0 Å². The van der Waals surface area contributed by atoms with Gasteiger partial charge in [0.1, 0.15) is 5.60 Å². The highest BCUT2D eigenvalue weighted by molar-refractivity contribution is 7.15. The zero-order valence-corrected chi connectivity index (χ0v) is 10.4. The minimum absolute atomic E-state index is 0.0775. The third-order valence-electron chi connectivity index (χ3n) is 1.52. The molecular weight excluding hydrogens is 228 g/mol. The molecule has 0 atom stereocenters. The quantitative estimate of drug-likeness (QED) is 0.853. The van der Waals surface area contributed by atoms with Gasteiger partial charge in [0.2, 0.25) is 0 Å². The normalized spacial score (nSPS) is 11.2. The van der Waals surface area contributed by atoms with Crippen LogP contribution in [-0.2, 0) is 11.2 Å². The van der Waals surface area contributed by atoms with Crippen LogP contribution < -0.4 is 5.32 Å². The molecule has 0 unspecified atom stereocenters. The predicted octanol–water partition coefficient (Wildman–Crippen LogP) is 2.02. The van der Waals surface area contributed by atoms with Crippen molar-refractivity contribution >= 4 is 22.6 Å². The van der Waals surface area contributed by atoms with Crippen LogP contribution in [0.3, 0.4) is 0 Å². The summed E-state index contributed by atoms with van der Waals surface area (Å²) >= 11 is 1.33. The molecule has 1 amide bonds. The number of ether oxygens (including phenoxy) is 1. The molecule has 1 heterocycles. The van der Waals surface area contributed by atoms with Crippen molar-refractivity contribution in [3.8, 4) is 0 Å². The number of amides is 1. The highest BCUT2D eigenvalue weighted by Gasteiger charge is 2.17. The first-order valence-electron chi connectivity index (χ1n) is 4.96. The summed E-state index contributed by atoms with van der Waals surface area (Å²) in [6.45, 7) is 5.47. The molecule has 0 aliphatic rings. The number of aliphatic hydroxyl groups is 1. The maximum atomic E-state index is 11.4. The molecule has 0 aliphatic carbocycles. The summed E-state index contributed by atoms with van der Waals surface area (Å²) in [5.41, 5.74) is -0.519. The van der Waals surface area contributed by atoms with Gasteiger partial charge >= 0.3 is 6.09 Å². The molecule has 1 rings (SSSR count). The topological polar surface area (TPSA) is 71.5 Å². The van der Waals surface area contributed by atoms with E-state index in [-0.39, 0.29) is 6.61 Å². The van der Waals surface area contributed by atoms with Gasteiger partial charge in [-0.3, -0.25) is 5.32 Å². The van der Waals surface area contributed by atoms with Crippen LogP contribution in [0.1, 0.15) is 25.6 Å². The summed E-state index contributed by atoms with van der Waals surface area (Å²) in [6, 6.07) is 0. The third-order valence-corrected chi connectivity index (χ3v) is 2.49. The van der Waals surface area contributed by atoms with Gasteiger partial charge in [-0.25, -0.2) is 9.78 Å². The molecule has 0 spiro atoms. The highest BCUT2D eigenvalue weighted by atomic mass is 32.1. The van der Waals surface area contributed by atoms with E-state index in [1.54, 1.807) is 27.0 Å². The fourth-order valence-corrected chi connectivity index (χ4v) is 1.77. The predicted molar refractivity (Wildman–Crippen MR) is 62.8 cm³/mol. The second-order valence-electron chi connectivity index (χ2n) is 4.23. The molecular formula is C10H16N2O3S. The number of carbonyl (C=O) groups is 1. The van der Waals surface area contributed by atoms with Crippen molar-refractivity contribution in [2.45, 2.75) is 32.8 Å². The number of aliphatic hydroxyl groups excluding tert-OH is 1. The van der Waals surface area contributed by atoms with Gasteiger partial charge in [0.15, 0.2) is 5.13 Å². The van der Waals surface area contributed by atoms with Crippen LogP contribution in [0.2, 0.25) is 0 Å². The average molecular weight is 244 g/mol. The number of thiazole rings is 1. The van der Waals surface area contributed by atoms with E-state index in [2.05, 4.69) is 10.3 Å². The summed E-state index contributed by atoms with van der Waals surface area (Å²) in [7, 11) is 0. The van der Waals surface area contributed by atoms with Crippen molar-refractivity contribution in [3.05, 3.63) is 11.1 Å². The lowest BCUT2D eigenvalue weighted by molar-refractivity contribution is 0.0636. The number of rotatable bonds is 3. The van der Waals surface area contributed by atoms with Crippen LogP contribution in [0, 0.1) is 0 Å².